The van der Waals surface area contributed by atoms with Gasteiger partial charge in [0.05, 0.1) is 11.6 Å². The third kappa shape index (κ3) is 1.66. The van der Waals surface area contributed by atoms with Gasteiger partial charge in [0.2, 0.25) is 5.56 Å². The summed E-state index contributed by atoms with van der Waals surface area (Å²) in [5.41, 5.74) is 3.50. The molecule has 1 fully saturated rings. The van der Waals surface area contributed by atoms with Gasteiger partial charge in [-0.15, -0.1) is 0 Å². The van der Waals surface area contributed by atoms with Gasteiger partial charge in [0.15, 0.2) is 0 Å². The molecule has 0 unspecified atom stereocenters. The molecule has 1 aliphatic heterocycles. The Balaban J connectivity index is 2.00. The lowest BCUT2D eigenvalue weighted by Gasteiger charge is -2.60. The fourth-order valence-corrected chi connectivity index (χ4v) is 5.11. The molecular formula is C17H22N2O2. The van der Waals surface area contributed by atoms with Crippen LogP contribution in [-0.2, 0) is 12.0 Å². The number of nitrogens with zero attached hydrogens (tertiary/aromatic N) is 1. The Bertz CT molecular complexity index is 678. The molecule has 4 atom stereocenters. The maximum Gasteiger partial charge on any atom is 0.248 e. The molecule has 2 bridgehead atoms. The molecule has 4 rings (SSSR count). The van der Waals surface area contributed by atoms with Gasteiger partial charge in [0, 0.05) is 24.2 Å². The number of hydrogen-bond acceptors (Lipinski definition) is 3. The number of nitrogens with one attached hydrogen (secondary N) is 1. The Morgan fingerprint density at radius 1 is 1.43 bits per heavy atom. The van der Waals surface area contributed by atoms with Crippen molar-refractivity contribution in [2.24, 2.45) is 11.8 Å². The number of aliphatic hydroxyl groups excluding tert-OH is 1. The summed E-state index contributed by atoms with van der Waals surface area (Å²) < 4.78 is 0. The van der Waals surface area contributed by atoms with E-state index in [1.165, 1.54) is 11.1 Å². The van der Waals surface area contributed by atoms with E-state index in [0.717, 1.165) is 31.5 Å². The number of pyridine rings is 1. The van der Waals surface area contributed by atoms with Crippen LogP contribution < -0.4 is 5.56 Å². The average Bonchev–Trinajstić information content (AvgIpc) is 2.41. The Morgan fingerprint density at radius 3 is 3.05 bits per heavy atom. The van der Waals surface area contributed by atoms with Crippen LogP contribution in [0.3, 0.4) is 0 Å². The predicted molar refractivity (Wildman–Crippen MR) is 81.1 cm³/mol. The van der Waals surface area contributed by atoms with E-state index in [1.54, 1.807) is 6.07 Å². The molecular weight excluding hydrogens is 264 g/mol. The molecule has 21 heavy (non-hydrogen) atoms. The average molecular weight is 286 g/mol. The number of aromatic amines is 1. The first kappa shape index (κ1) is 13.3. The van der Waals surface area contributed by atoms with Gasteiger partial charge in [-0.2, -0.15) is 0 Å². The van der Waals surface area contributed by atoms with E-state index >= 15 is 0 Å². The number of aliphatic hydroxyl groups is 1. The number of allylic oxidation sites excluding steroid dienone is 1. The Morgan fingerprint density at radius 2 is 2.24 bits per heavy atom. The van der Waals surface area contributed by atoms with Crippen LogP contribution in [0.1, 0.15) is 31.0 Å². The van der Waals surface area contributed by atoms with Gasteiger partial charge in [-0.05, 0) is 50.8 Å². The molecule has 0 radical (unpaired) electrons. The van der Waals surface area contributed by atoms with Gasteiger partial charge < -0.3 is 10.1 Å². The molecule has 3 aliphatic rings. The minimum atomic E-state index is -0.254. The summed E-state index contributed by atoms with van der Waals surface area (Å²) in [7, 11) is 2.16. The molecule has 2 heterocycles. The number of H-pyrrole nitrogens is 1. The highest BCUT2D eigenvalue weighted by atomic mass is 16.3. The fourth-order valence-electron chi connectivity index (χ4n) is 5.11. The molecule has 2 aliphatic carbocycles. The molecule has 0 aromatic carbocycles. The third-order valence-electron chi connectivity index (χ3n) is 5.82. The van der Waals surface area contributed by atoms with Crippen molar-refractivity contribution in [2.75, 3.05) is 13.6 Å². The van der Waals surface area contributed by atoms with Crippen LogP contribution >= 0.6 is 0 Å². The lowest BCUT2D eigenvalue weighted by molar-refractivity contribution is -0.101. The number of piperidine rings is 1. The van der Waals surface area contributed by atoms with E-state index < -0.39 is 0 Å². The minimum Gasteiger partial charge on any atom is -0.393 e. The largest absolute Gasteiger partial charge is 0.393 e. The second kappa shape index (κ2) is 4.31. The summed E-state index contributed by atoms with van der Waals surface area (Å²) in [6.07, 6.45) is 4.68. The molecule has 4 nitrogen and oxygen atoms in total. The fraction of sp³-hybridized carbons (Fsp3) is 0.588. The number of hydrogen-bond donors (Lipinski definition) is 2. The zero-order valence-corrected chi connectivity index (χ0v) is 12.6. The maximum atomic E-state index is 11.7. The molecule has 2 N–H and O–H groups in total. The van der Waals surface area contributed by atoms with Crippen molar-refractivity contribution >= 4 is 0 Å². The van der Waals surface area contributed by atoms with Gasteiger partial charge in [-0.25, -0.2) is 0 Å². The second-order valence-electron chi connectivity index (χ2n) is 7.00. The van der Waals surface area contributed by atoms with Crippen LogP contribution in [0.4, 0.5) is 0 Å². The van der Waals surface area contributed by atoms with Gasteiger partial charge in [-0.1, -0.05) is 11.6 Å². The molecule has 0 saturated carbocycles. The molecule has 4 heteroatoms. The Labute approximate surface area is 124 Å². The predicted octanol–water partition coefficient (Wildman–Crippen LogP) is 1.41. The topological polar surface area (TPSA) is 56.3 Å². The van der Waals surface area contributed by atoms with Crippen molar-refractivity contribution in [1.29, 1.82) is 0 Å². The van der Waals surface area contributed by atoms with E-state index in [0.29, 0.717) is 5.92 Å². The normalized spacial score (nSPS) is 38.4. The first-order valence-corrected chi connectivity index (χ1v) is 7.81. The number of likely N-dealkylation sites (tertiary alicyclic amines) is 1. The van der Waals surface area contributed by atoms with Crippen LogP contribution in [0.25, 0.3) is 0 Å². The van der Waals surface area contributed by atoms with Crippen molar-refractivity contribution in [3.05, 3.63) is 45.4 Å². The summed E-state index contributed by atoms with van der Waals surface area (Å²) in [5, 5.41) is 10.7. The minimum absolute atomic E-state index is 0.0265. The van der Waals surface area contributed by atoms with E-state index in [4.69, 9.17) is 0 Å². The SMILES string of the molecule is CC1=C[C@@H]2Cc3[nH]c(=O)ccc3[C@]3(C1)[C@H]2[C@@H](O)CCN3C. The Kier molecular flexibility index (Phi) is 2.72. The van der Waals surface area contributed by atoms with Crippen molar-refractivity contribution < 1.29 is 5.11 Å². The maximum absolute atomic E-state index is 11.7. The first-order chi connectivity index (χ1) is 10.0. The summed E-state index contributed by atoms with van der Waals surface area (Å²) in [5.74, 6) is 0.556. The molecule has 1 aromatic heterocycles. The number of fused-ring (bicyclic) bond motifs is 1. The van der Waals surface area contributed by atoms with Gasteiger partial charge in [0.1, 0.15) is 0 Å². The second-order valence-corrected chi connectivity index (χ2v) is 7.00. The van der Waals surface area contributed by atoms with Gasteiger partial charge >= 0.3 is 0 Å². The standard InChI is InChI=1S/C17H22N2O2/c1-10-7-11-8-13-12(3-4-15(21)18-13)17(9-10)16(11)14(20)5-6-19(17)2/h3-4,7,11,14,16,20H,5-6,8-9H2,1-2H3,(H,18,21)/t11-,14+,16-,17-/m1/s1. The smallest absolute Gasteiger partial charge is 0.248 e. The number of aromatic nitrogens is 1. The Hall–Kier alpha value is -1.39. The van der Waals surface area contributed by atoms with Gasteiger partial charge in [-0.3, -0.25) is 9.69 Å². The van der Waals surface area contributed by atoms with Crippen molar-refractivity contribution in [3.63, 3.8) is 0 Å². The van der Waals surface area contributed by atoms with E-state index in [1.807, 2.05) is 6.07 Å². The lowest BCUT2D eigenvalue weighted by Crippen LogP contribution is -2.63. The highest BCUT2D eigenvalue weighted by molar-refractivity contribution is 5.40. The zero-order valence-electron chi connectivity index (χ0n) is 12.6. The quantitative estimate of drug-likeness (QED) is 0.709. The van der Waals surface area contributed by atoms with Crippen LogP contribution in [0.5, 0.6) is 0 Å². The van der Waals surface area contributed by atoms with Crippen molar-refractivity contribution in [2.45, 2.75) is 37.8 Å². The zero-order chi connectivity index (χ0) is 14.8. The molecule has 1 aromatic rings. The third-order valence-corrected chi connectivity index (χ3v) is 5.82. The van der Waals surface area contributed by atoms with E-state index in [9.17, 15) is 9.90 Å². The molecule has 0 spiro atoms. The summed E-state index contributed by atoms with van der Waals surface area (Å²) in [4.78, 5) is 17.1. The van der Waals surface area contributed by atoms with Gasteiger partial charge in [0.25, 0.3) is 0 Å². The van der Waals surface area contributed by atoms with Crippen LogP contribution in [-0.4, -0.2) is 34.7 Å². The monoisotopic (exact) mass is 286 g/mol. The molecule has 112 valence electrons. The van der Waals surface area contributed by atoms with Crippen LogP contribution in [0.2, 0.25) is 0 Å². The molecule has 1 saturated heterocycles. The molecule has 0 amide bonds. The summed E-state index contributed by atoms with van der Waals surface area (Å²) >= 11 is 0. The van der Waals surface area contributed by atoms with E-state index in [2.05, 4.69) is 29.9 Å². The lowest BCUT2D eigenvalue weighted by atomic mass is 9.55. The summed E-state index contributed by atoms with van der Waals surface area (Å²) in [6, 6.07) is 3.62. The highest BCUT2D eigenvalue weighted by Gasteiger charge is 2.57. The van der Waals surface area contributed by atoms with Crippen molar-refractivity contribution in [1.82, 2.24) is 9.88 Å². The highest BCUT2D eigenvalue weighted by Crippen LogP contribution is 2.56. The van der Waals surface area contributed by atoms with Crippen LogP contribution in [0.15, 0.2) is 28.6 Å². The van der Waals surface area contributed by atoms with Crippen molar-refractivity contribution in [3.8, 4) is 0 Å². The van der Waals surface area contributed by atoms with Crippen LogP contribution in [0, 0.1) is 11.8 Å². The van der Waals surface area contributed by atoms with E-state index in [-0.39, 0.29) is 23.1 Å². The summed E-state index contributed by atoms with van der Waals surface area (Å²) in [6.45, 7) is 3.09. The number of rotatable bonds is 0. The first-order valence-electron chi connectivity index (χ1n) is 7.81.